The largest absolute Gasteiger partial charge is 0.391 e. The summed E-state index contributed by atoms with van der Waals surface area (Å²) in [5.41, 5.74) is 0. The minimum atomic E-state index is -4.05. The normalized spacial score (nSPS) is 22.2. The molecule has 1 heterocycles. The molecule has 1 rings (SSSR count). The summed E-state index contributed by atoms with van der Waals surface area (Å²) in [7, 11) is 0. The zero-order chi connectivity index (χ0) is 9.90. The molecule has 1 aliphatic rings. The van der Waals surface area contributed by atoms with Crippen molar-refractivity contribution in [1.82, 2.24) is 4.90 Å². The summed E-state index contributed by atoms with van der Waals surface area (Å²) < 4.78 is 36.5. The Balaban J connectivity index is 2.30. The maximum Gasteiger partial charge on any atom is 0.391 e. The Morgan fingerprint density at radius 1 is 1.23 bits per heavy atom. The van der Waals surface area contributed by atoms with Gasteiger partial charge in [-0.25, -0.2) is 5.11 Å². The molecule has 0 unspecified atom stereocenters. The summed E-state index contributed by atoms with van der Waals surface area (Å²) in [6, 6.07) is 0. The molecule has 0 aromatic carbocycles. The van der Waals surface area contributed by atoms with E-state index in [4.69, 9.17) is 0 Å². The first kappa shape index (κ1) is 10.8. The summed E-state index contributed by atoms with van der Waals surface area (Å²) in [6.45, 7) is 0.972. The molecule has 0 saturated carbocycles. The Kier molecular flexibility index (Phi) is 3.55. The number of piperidine rings is 1. The van der Waals surface area contributed by atoms with E-state index in [1.807, 2.05) is 0 Å². The van der Waals surface area contributed by atoms with Crippen LogP contribution < -0.4 is 0 Å². The van der Waals surface area contributed by atoms with Crippen LogP contribution in [0.2, 0.25) is 0 Å². The van der Waals surface area contributed by atoms with Crippen LogP contribution in [0.3, 0.4) is 0 Å². The Labute approximate surface area is 75.3 Å². The van der Waals surface area contributed by atoms with Crippen LogP contribution in [-0.4, -0.2) is 37.3 Å². The predicted molar refractivity (Wildman–Crippen MR) is 40.8 cm³/mol. The third-order valence-corrected chi connectivity index (χ3v) is 2.46. The maximum absolute atomic E-state index is 12.2. The van der Waals surface area contributed by atoms with Gasteiger partial charge in [0.05, 0.1) is 12.5 Å². The second-order valence-corrected chi connectivity index (χ2v) is 3.36. The van der Waals surface area contributed by atoms with Crippen molar-refractivity contribution in [3.63, 3.8) is 0 Å². The fraction of sp³-hybridized carbons (Fsp3) is 1.00. The smallest absolute Gasteiger partial charge is 0.301 e. The average Bonchev–Trinajstić information content (AvgIpc) is 2.04. The lowest BCUT2D eigenvalue weighted by atomic mass is 9.96. The quantitative estimate of drug-likeness (QED) is 0.659. The van der Waals surface area contributed by atoms with Gasteiger partial charge >= 0.3 is 6.18 Å². The van der Waals surface area contributed by atoms with Gasteiger partial charge < -0.3 is 4.90 Å². The van der Waals surface area contributed by atoms with Gasteiger partial charge in [-0.3, -0.25) is 0 Å². The van der Waals surface area contributed by atoms with Crippen LogP contribution in [0.15, 0.2) is 0 Å². The van der Waals surface area contributed by atoms with Gasteiger partial charge in [-0.1, -0.05) is 0 Å². The molecule has 0 aromatic rings. The number of alkyl halides is 3. The molecule has 0 N–H and O–H groups in total. The van der Waals surface area contributed by atoms with E-state index in [9.17, 15) is 18.3 Å². The van der Waals surface area contributed by atoms with Crippen molar-refractivity contribution < 1.29 is 18.3 Å². The fourth-order valence-electron chi connectivity index (χ4n) is 1.61. The molecule has 5 heteroatoms. The third kappa shape index (κ3) is 3.15. The number of rotatable bonds is 2. The van der Waals surface area contributed by atoms with E-state index in [-0.39, 0.29) is 19.4 Å². The van der Waals surface area contributed by atoms with Crippen molar-refractivity contribution in [1.29, 1.82) is 0 Å². The highest BCUT2D eigenvalue weighted by atomic mass is 19.4. The summed E-state index contributed by atoms with van der Waals surface area (Å²) in [5.74, 6) is -1.16. The summed E-state index contributed by atoms with van der Waals surface area (Å²) in [5, 5.41) is 10.2. The molecule has 0 atom stereocenters. The van der Waals surface area contributed by atoms with Gasteiger partial charge in [0.2, 0.25) is 0 Å². The first-order valence-corrected chi connectivity index (χ1v) is 4.41. The summed E-state index contributed by atoms with van der Waals surface area (Å²) in [4.78, 5) is 1.80. The highest BCUT2D eigenvalue weighted by Gasteiger charge is 2.40. The highest BCUT2D eigenvalue weighted by molar-refractivity contribution is 4.76. The Morgan fingerprint density at radius 2 is 1.77 bits per heavy atom. The van der Waals surface area contributed by atoms with Crippen LogP contribution >= 0.6 is 0 Å². The fourth-order valence-corrected chi connectivity index (χ4v) is 1.61. The molecule has 1 radical (unpaired) electrons. The van der Waals surface area contributed by atoms with Crippen LogP contribution in [0.25, 0.3) is 0 Å². The van der Waals surface area contributed by atoms with Crippen LogP contribution in [0.5, 0.6) is 0 Å². The van der Waals surface area contributed by atoms with Gasteiger partial charge in [0.1, 0.15) is 0 Å². The molecule has 1 saturated heterocycles. The molecular weight excluding hydrogens is 183 g/mol. The molecular formula is C8H13F3NO. The average molecular weight is 196 g/mol. The van der Waals surface area contributed by atoms with E-state index in [2.05, 4.69) is 0 Å². The summed E-state index contributed by atoms with van der Waals surface area (Å²) >= 11 is 0. The molecule has 13 heavy (non-hydrogen) atoms. The molecule has 1 aliphatic heterocycles. The van der Waals surface area contributed by atoms with Crippen LogP contribution in [0.1, 0.15) is 12.8 Å². The van der Waals surface area contributed by atoms with Crippen molar-refractivity contribution in [2.45, 2.75) is 19.0 Å². The van der Waals surface area contributed by atoms with Crippen molar-refractivity contribution in [3.8, 4) is 0 Å². The van der Waals surface area contributed by atoms with Crippen molar-refractivity contribution in [2.75, 3.05) is 26.2 Å². The second kappa shape index (κ2) is 4.28. The van der Waals surface area contributed by atoms with E-state index in [0.717, 1.165) is 0 Å². The maximum atomic E-state index is 12.2. The van der Waals surface area contributed by atoms with Gasteiger partial charge in [-0.05, 0) is 25.9 Å². The number of likely N-dealkylation sites (tertiary alicyclic amines) is 1. The van der Waals surface area contributed by atoms with E-state index in [0.29, 0.717) is 19.6 Å². The van der Waals surface area contributed by atoms with Crippen molar-refractivity contribution in [3.05, 3.63) is 0 Å². The Bertz CT molecular complexity index is 152. The van der Waals surface area contributed by atoms with E-state index in [1.54, 1.807) is 4.90 Å². The second-order valence-electron chi connectivity index (χ2n) is 3.36. The third-order valence-electron chi connectivity index (χ3n) is 2.46. The van der Waals surface area contributed by atoms with Gasteiger partial charge in [0, 0.05) is 6.54 Å². The van der Waals surface area contributed by atoms with E-state index >= 15 is 0 Å². The van der Waals surface area contributed by atoms with Crippen LogP contribution in [-0.2, 0) is 5.11 Å². The number of nitrogens with zero attached hydrogens (tertiary/aromatic N) is 1. The highest BCUT2D eigenvalue weighted by Crippen LogP contribution is 2.33. The summed E-state index contributed by atoms with van der Waals surface area (Å²) in [6.07, 6.45) is -3.77. The Hall–Kier alpha value is -0.290. The predicted octanol–water partition coefficient (Wildman–Crippen LogP) is 1.69. The standard InChI is InChI=1S/C8H13F3NO/c9-8(10,11)7-1-3-12(4-2-7)5-6-13/h7H,1-6H2. The lowest BCUT2D eigenvalue weighted by Crippen LogP contribution is -2.39. The molecule has 2 nitrogen and oxygen atoms in total. The van der Waals surface area contributed by atoms with Gasteiger partial charge in [0.15, 0.2) is 0 Å². The zero-order valence-corrected chi connectivity index (χ0v) is 7.31. The lowest BCUT2D eigenvalue weighted by Gasteiger charge is -2.32. The van der Waals surface area contributed by atoms with Gasteiger partial charge in [0.25, 0.3) is 0 Å². The van der Waals surface area contributed by atoms with Crippen molar-refractivity contribution in [2.24, 2.45) is 5.92 Å². The zero-order valence-electron chi connectivity index (χ0n) is 7.31. The monoisotopic (exact) mass is 196 g/mol. The minimum absolute atomic E-state index is 0.142. The molecule has 1 fully saturated rings. The number of hydrogen-bond acceptors (Lipinski definition) is 1. The minimum Gasteiger partial charge on any atom is -0.301 e. The van der Waals surface area contributed by atoms with E-state index in [1.165, 1.54) is 0 Å². The van der Waals surface area contributed by atoms with Crippen LogP contribution in [0.4, 0.5) is 13.2 Å². The van der Waals surface area contributed by atoms with Gasteiger partial charge in [-0.2, -0.15) is 13.2 Å². The lowest BCUT2D eigenvalue weighted by molar-refractivity contribution is -0.185. The molecule has 77 valence electrons. The molecule has 0 amide bonds. The SMILES string of the molecule is [O]CCN1CCC(C(F)(F)F)CC1. The van der Waals surface area contributed by atoms with Crippen molar-refractivity contribution >= 4 is 0 Å². The first-order chi connectivity index (χ1) is 6.04. The van der Waals surface area contributed by atoms with E-state index < -0.39 is 12.1 Å². The first-order valence-electron chi connectivity index (χ1n) is 4.41. The molecule has 0 bridgehead atoms. The molecule has 0 aliphatic carbocycles. The Morgan fingerprint density at radius 3 is 2.15 bits per heavy atom. The van der Waals surface area contributed by atoms with Crippen LogP contribution in [0, 0.1) is 5.92 Å². The molecule has 0 aromatic heterocycles. The topological polar surface area (TPSA) is 23.1 Å². The number of hydrogen-bond donors (Lipinski definition) is 0. The van der Waals surface area contributed by atoms with Gasteiger partial charge in [-0.15, -0.1) is 0 Å². The molecule has 0 spiro atoms. The number of halogens is 3.